The number of benzene rings is 2. The molecule has 0 aliphatic heterocycles. The molecule has 2 aromatic carbocycles. The van der Waals surface area contributed by atoms with E-state index in [1.165, 1.54) is 22.8 Å². The van der Waals surface area contributed by atoms with Gasteiger partial charge in [-0.3, -0.25) is 4.79 Å². The van der Waals surface area contributed by atoms with Crippen molar-refractivity contribution in [2.24, 2.45) is 0 Å². The van der Waals surface area contributed by atoms with Crippen molar-refractivity contribution in [2.75, 3.05) is 5.32 Å². The number of halogens is 1. The number of nitrogens with one attached hydrogen (secondary N) is 1. The molecule has 0 radical (unpaired) electrons. The maximum atomic E-state index is 13.6. The summed E-state index contributed by atoms with van der Waals surface area (Å²) >= 11 is 0. The van der Waals surface area contributed by atoms with Gasteiger partial charge in [-0.05, 0) is 55.0 Å². The second-order valence-electron chi connectivity index (χ2n) is 5.92. The maximum Gasteiger partial charge on any atom is 0.267 e. The SMILES string of the molecule is Cc1ccnc(Nc2nc3ccc(F)cc3c(=O)n2-c2ccccc2)c1. The van der Waals surface area contributed by atoms with Gasteiger partial charge in [0.1, 0.15) is 11.6 Å². The van der Waals surface area contributed by atoms with Crippen molar-refractivity contribution in [3.63, 3.8) is 0 Å². The van der Waals surface area contributed by atoms with Crippen molar-refractivity contribution in [1.29, 1.82) is 0 Å². The Labute approximate surface area is 148 Å². The van der Waals surface area contributed by atoms with E-state index in [-0.39, 0.29) is 10.9 Å². The van der Waals surface area contributed by atoms with Crippen molar-refractivity contribution in [3.8, 4) is 5.69 Å². The molecular weight excluding hydrogens is 331 g/mol. The second-order valence-corrected chi connectivity index (χ2v) is 5.92. The zero-order valence-electron chi connectivity index (χ0n) is 14.0. The highest BCUT2D eigenvalue weighted by Crippen LogP contribution is 2.20. The summed E-state index contributed by atoms with van der Waals surface area (Å²) < 4.78 is 15.1. The summed E-state index contributed by atoms with van der Waals surface area (Å²) in [5, 5.41) is 3.33. The topological polar surface area (TPSA) is 59.8 Å². The van der Waals surface area contributed by atoms with E-state index >= 15 is 0 Å². The lowest BCUT2D eigenvalue weighted by Crippen LogP contribution is -2.23. The first kappa shape index (κ1) is 16.0. The van der Waals surface area contributed by atoms with Crippen LogP contribution in [0, 0.1) is 12.7 Å². The Morgan fingerprint density at radius 3 is 2.62 bits per heavy atom. The van der Waals surface area contributed by atoms with Gasteiger partial charge in [0.2, 0.25) is 5.95 Å². The Hall–Kier alpha value is -3.54. The van der Waals surface area contributed by atoms with Crippen molar-refractivity contribution in [3.05, 3.63) is 88.6 Å². The van der Waals surface area contributed by atoms with E-state index in [0.717, 1.165) is 5.56 Å². The van der Waals surface area contributed by atoms with Crippen molar-refractivity contribution in [1.82, 2.24) is 14.5 Å². The van der Waals surface area contributed by atoms with Gasteiger partial charge in [-0.1, -0.05) is 18.2 Å². The fourth-order valence-electron chi connectivity index (χ4n) is 2.78. The number of hydrogen-bond donors (Lipinski definition) is 1. The predicted octanol–water partition coefficient (Wildman–Crippen LogP) is 3.97. The van der Waals surface area contributed by atoms with Crippen LogP contribution in [0.5, 0.6) is 0 Å². The van der Waals surface area contributed by atoms with Gasteiger partial charge < -0.3 is 5.32 Å². The van der Waals surface area contributed by atoms with E-state index in [4.69, 9.17) is 0 Å². The van der Waals surface area contributed by atoms with Crippen LogP contribution < -0.4 is 10.9 Å². The van der Waals surface area contributed by atoms with Crippen LogP contribution in [0.15, 0.2) is 71.7 Å². The van der Waals surface area contributed by atoms with E-state index in [1.807, 2.05) is 37.3 Å². The van der Waals surface area contributed by atoms with E-state index in [0.29, 0.717) is 23.0 Å². The Bertz CT molecular complexity index is 1160. The number of rotatable bonds is 3. The number of anilines is 2. The molecule has 128 valence electrons. The molecule has 6 heteroatoms. The molecule has 1 N–H and O–H groups in total. The van der Waals surface area contributed by atoms with E-state index in [1.54, 1.807) is 18.3 Å². The number of hydrogen-bond acceptors (Lipinski definition) is 4. The molecular formula is C20H15FN4O. The molecule has 26 heavy (non-hydrogen) atoms. The second kappa shape index (κ2) is 6.40. The largest absolute Gasteiger partial charge is 0.310 e. The average Bonchev–Trinajstić information content (AvgIpc) is 2.63. The number of pyridine rings is 1. The molecule has 2 heterocycles. The van der Waals surface area contributed by atoms with Crippen LogP contribution in [0.4, 0.5) is 16.2 Å². The monoisotopic (exact) mass is 346 g/mol. The van der Waals surface area contributed by atoms with Crippen LogP contribution in [0.25, 0.3) is 16.6 Å². The maximum absolute atomic E-state index is 13.6. The lowest BCUT2D eigenvalue weighted by atomic mass is 10.2. The third kappa shape index (κ3) is 2.93. The summed E-state index contributed by atoms with van der Waals surface area (Å²) in [6.45, 7) is 1.95. The van der Waals surface area contributed by atoms with Gasteiger partial charge in [-0.2, -0.15) is 0 Å². The number of para-hydroxylation sites is 1. The molecule has 0 atom stereocenters. The predicted molar refractivity (Wildman–Crippen MR) is 99.6 cm³/mol. The standard InChI is InChI=1S/C20H15FN4O/c1-13-9-10-22-18(11-13)24-20-23-17-8-7-14(21)12-16(17)19(26)25(20)15-5-3-2-4-6-15/h2-12H,1H3,(H,22,23,24). The highest BCUT2D eigenvalue weighted by Gasteiger charge is 2.14. The third-order valence-corrected chi connectivity index (χ3v) is 4.00. The number of aromatic nitrogens is 3. The van der Waals surface area contributed by atoms with Crippen molar-refractivity contribution < 1.29 is 4.39 Å². The van der Waals surface area contributed by atoms with Gasteiger partial charge in [-0.25, -0.2) is 18.9 Å². The summed E-state index contributed by atoms with van der Waals surface area (Å²) in [5.74, 6) is 0.415. The Morgan fingerprint density at radius 2 is 1.85 bits per heavy atom. The van der Waals surface area contributed by atoms with Gasteiger partial charge in [0.05, 0.1) is 16.6 Å². The Morgan fingerprint density at radius 1 is 1.04 bits per heavy atom. The van der Waals surface area contributed by atoms with Crippen molar-refractivity contribution >= 4 is 22.7 Å². The molecule has 0 fully saturated rings. The molecule has 0 saturated heterocycles. The Balaban J connectivity index is 1.98. The molecule has 0 aliphatic carbocycles. The fraction of sp³-hybridized carbons (Fsp3) is 0.0500. The summed E-state index contributed by atoms with van der Waals surface area (Å²) in [4.78, 5) is 21.8. The molecule has 0 aliphatic rings. The van der Waals surface area contributed by atoms with Crippen LogP contribution in [-0.4, -0.2) is 14.5 Å². The molecule has 0 unspecified atom stereocenters. The minimum absolute atomic E-state index is 0.219. The van der Waals surface area contributed by atoms with E-state index in [2.05, 4.69) is 15.3 Å². The molecule has 2 aromatic heterocycles. The molecule has 0 saturated carbocycles. The summed E-state index contributed by atoms with van der Waals surface area (Å²) in [6, 6.07) is 16.8. The summed E-state index contributed by atoms with van der Waals surface area (Å²) in [6.07, 6.45) is 1.68. The Kier molecular flexibility index (Phi) is 3.93. The van der Waals surface area contributed by atoms with Gasteiger partial charge in [0, 0.05) is 6.20 Å². The highest BCUT2D eigenvalue weighted by atomic mass is 19.1. The number of aryl methyl sites for hydroxylation is 1. The van der Waals surface area contributed by atoms with Gasteiger partial charge >= 0.3 is 0 Å². The summed E-state index contributed by atoms with van der Waals surface area (Å²) in [5.41, 5.74) is 1.72. The van der Waals surface area contributed by atoms with Crippen LogP contribution in [0.1, 0.15) is 5.56 Å². The quantitative estimate of drug-likeness (QED) is 0.610. The molecule has 4 aromatic rings. The molecule has 4 rings (SSSR count). The van der Waals surface area contributed by atoms with Gasteiger partial charge in [0.15, 0.2) is 0 Å². The van der Waals surface area contributed by atoms with Crippen LogP contribution in [0.2, 0.25) is 0 Å². The first-order valence-electron chi connectivity index (χ1n) is 8.09. The lowest BCUT2D eigenvalue weighted by Gasteiger charge is -2.14. The molecule has 0 bridgehead atoms. The number of nitrogens with zero attached hydrogens (tertiary/aromatic N) is 3. The average molecular weight is 346 g/mol. The lowest BCUT2D eigenvalue weighted by molar-refractivity contribution is 0.629. The summed E-state index contributed by atoms with van der Waals surface area (Å²) in [7, 11) is 0. The third-order valence-electron chi connectivity index (χ3n) is 4.00. The first-order chi connectivity index (χ1) is 12.6. The molecule has 0 amide bonds. The highest BCUT2D eigenvalue weighted by molar-refractivity contribution is 5.80. The molecule has 0 spiro atoms. The zero-order chi connectivity index (χ0) is 18.1. The van der Waals surface area contributed by atoms with Crippen LogP contribution in [-0.2, 0) is 0 Å². The van der Waals surface area contributed by atoms with Crippen molar-refractivity contribution in [2.45, 2.75) is 6.92 Å². The zero-order valence-corrected chi connectivity index (χ0v) is 14.0. The fourth-order valence-corrected chi connectivity index (χ4v) is 2.78. The van der Waals surface area contributed by atoms with E-state index in [9.17, 15) is 9.18 Å². The van der Waals surface area contributed by atoms with Crippen LogP contribution in [0.3, 0.4) is 0 Å². The normalized spacial score (nSPS) is 10.8. The first-order valence-corrected chi connectivity index (χ1v) is 8.09. The van der Waals surface area contributed by atoms with Gasteiger partial charge in [-0.15, -0.1) is 0 Å². The smallest absolute Gasteiger partial charge is 0.267 e. The minimum atomic E-state index is -0.475. The van der Waals surface area contributed by atoms with E-state index < -0.39 is 5.82 Å². The van der Waals surface area contributed by atoms with Crippen LogP contribution >= 0.6 is 0 Å². The minimum Gasteiger partial charge on any atom is -0.310 e. The van der Waals surface area contributed by atoms with Gasteiger partial charge in [0.25, 0.3) is 5.56 Å². The molecule has 5 nitrogen and oxygen atoms in total. The number of fused-ring (bicyclic) bond motifs is 1.